The standard InChI is InChI=1S/C26H29Cl2N5O2/c1-26(2,3)35-25(34)32-14-18-13-19(27)10-11-21(18)33-22(15-32)30-31-24(33)17-8-6-16(7-9-17)23-20(28)5-4-12-29-23/h4-5,10-13,16-17H,6-9,14-15H2,1-3H3. The maximum absolute atomic E-state index is 13.0. The van der Waals surface area contributed by atoms with Crippen LogP contribution in [-0.4, -0.2) is 36.3 Å². The zero-order valence-electron chi connectivity index (χ0n) is 20.2. The van der Waals surface area contributed by atoms with Crippen molar-refractivity contribution in [1.29, 1.82) is 0 Å². The van der Waals surface area contributed by atoms with Gasteiger partial charge in [-0.3, -0.25) is 14.5 Å². The Morgan fingerprint density at radius 3 is 2.49 bits per heavy atom. The van der Waals surface area contributed by atoms with Crippen LogP contribution in [0.5, 0.6) is 0 Å². The van der Waals surface area contributed by atoms with Gasteiger partial charge in [-0.25, -0.2) is 4.79 Å². The van der Waals surface area contributed by atoms with Crippen molar-refractivity contribution >= 4 is 29.3 Å². The molecule has 0 spiro atoms. The van der Waals surface area contributed by atoms with Crippen molar-refractivity contribution < 1.29 is 9.53 Å². The van der Waals surface area contributed by atoms with Crippen LogP contribution in [0.4, 0.5) is 4.79 Å². The van der Waals surface area contributed by atoms with E-state index in [4.69, 9.17) is 27.9 Å². The molecule has 184 valence electrons. The fourth-order valence-corrected chi connectivity index (χ4v) is 5.54. The number of carbonyl (C=O) groups is 1. The number of amides is 1. The van der Waals surface area contributed by atoms with Gasteiger partial charge in [-0.1, -0.05) is 23.2 Å². The second kappa shape index (κ2) is 9.43. The zero-order chi connectivity index (χ0) is 24.7. The summed E-state index contributed by atoms with van der Waals surface area (Å²) in [5, 5.41) is 10.5. The SMILES string of the molecule is CC(C)(C)OC(=O)N1Cc2cc(Cl)ccc2-n2c(nnc2C2CCC(c3ncccc3Cl)CC2)C1. The van der Waals surface area contributed by atoms with Gasteiger partial charge < -0.3 is 4.74 Å². The molecule has 1 aliphatic carbocycles. The minimum Gasteiger partial charge on any atom is -0.444 e. The first-order chi connectivity index (χ1) is 16.7. The van der Waals surface area contributed by atoms with Crippen molar-refractivity contribution in [2.24, 2.45) is 0 Å². The van der Waals surface area contributed by atoms with Crippen molar-refractivity contribution in [3.05, 3.63) is 69.5 Å². The Bertz CT molecular complexity index is 1240. The lowest BCUT2D eigenvalue weighted by atomic mass is 9.80. The quantitative estimate of drug-likeness (QED) is 0.382. The Morgan fingerprint density at radius 2 is 1.77 bits per heavy atom. The van der Waals surface area contributed by atoms with Crippen LogP contribution in [0.3, 0.4) is 0 Å². The predicted octanol–water partition coefficient (Wildman–Crippen LogP) is 6.66. The summed E-state index contributed by atoms with van der Waals surface area (Å²) < 4.78 is 7.78. The fourth-order valence-electron chi connectivity index (χ4n) is 5.07. The molecule has 1 amide bonds. The van der Waals surface area contributed by atoms with Crippen molar-refractivity contribution in [2.45, 2.75) is 77.0 Å². The highest BCUT2D eigenvalue weighted by Crippen LogP contribution is 2.42. The summed E-state index contributed by atoms with van der Waals surface area (Å²) in [6.45, 7) is 6.29. The molecule has 1 saturated carbocycles. The Hall–Kier alpha value is -2.64. The fraction of sp³-hybridized carbons (Fsp3) is 0.462. The lowest BCUT2D eigenvalue weighted by molar-refractivity contribution is 0.0214. The molecule has 0 saturated heterocycles. The van der Waals surface area contributed by atoms with Crippen molar-refractivity contribution in [3.63, 3.8) is 0 Å². The summed E-state index contributed by atoms with van der Waals surface area (Å²) in [6, 6.07) is 9.55. The third-order valence-corrected chi connectivity index (χ3v) is 7.20. The van der Waals surface area contributed by atoms with Crippen LogP contribution < -0.4 is 0 Å². The van der Waals surface area contributed by atoms with E-state index in [1.54, 1.807) is 4.90 Å². The first-order valence-corrected chi connectivity index (χ1v) is 12.8. The Morgan fingerprint density at radius 1 is 1.03 bits per heavy atom. The monoisotopic (exact) mass is 513 g/mol. The lowest BCUT2D eigenvalue weighted by Gasteiger charge is -2.28. The molecular weight excluding hydrogens is 485 g/mol. The van der Waals surface area contributed by atoms with E-state index in [0.717, 1.165) is 59.3 Å². The minimum atomic E-state index is -0.589. The van der Waals surface area contributed by atoms with Crippen molar-refractivity contribution in [1.82, 2.24) is 24.6 Å². The summed E-state index contributed by atoms with van der Waals surface area (Å²) in [5.74, 6) is 2.26. The number of pyridine rings is 1. The first-order valence-electron chi connectivity index (χ1n) is 12.0. The second-order valence-corrected chi connectivity index (χ2v) is 11.2. The van der Waals surface area contributed by atoms with E-state index in [1.807, 2.05) is 57.3 Å². The van der Waals surface area contributed by atoms with E-state index >= 15 is 0 Å². The van der Waals surface area contributed by atoms with E-state index < -0.39 is 5.60 Å². The van der Waals surface area contributed by atoms with Gasteiger partial charge in [0.2, 0.25) is 0 Å². The van der Waals surface area contributed by atoms with Crippen LogP contribution in [-0.2, 0) is 17.8 Å². The van der Waals surface area contributed by atoms with Gasteiger partial charge in [0.15, 0.2) is 5.82 Å². The van der Waals surface area contributed by atoms with E-state index in [9.17, 15) is 4.79 Å². The number of ether oxygens (including phenoxy) is 1. The molecule has 0 unspecified atom stereocenters. The molecule has 1 fully saturated rings. The molecule has 3 aromatic rings. The van der Waals surface area contributed by atoms with Gasteiger partial charge in [0.1, 0.15) is 11.4 Å². The van der Waals surface area contributed by atoms with Crippen LogP contribution in [0.15, 0.2) is 36.5 Å². The van der Waals surface area contributed by atoms with Gasteiger partial charge in [0.25, 0.3) is 0 Å². The molecule has 2 aliphatic rings. The topological polar surface area (TPSA) is 73.1 Å². The van der Waals surface area contributed by atoms with E-state index in [-0.39, 0.29) is 12.0 Å². The van der Waals surface area contributed by atoms with Crippen LogP contribution >= 0.6 is 23.2 Å². The molecule has 0 atom stereocenters. The smallest absolute Gasteiger partial charge is 0.411 e. The Kier molecular flexibility index (Phi) is 6.49. The van der Waals surface area contributed by atoms with Gasteiger partial charge in [-0.15, -0.1) is 10.2 Å². The molecule has 3 heterocycles. The molecule has 0 N–H and O–H groups in total. The average molecular weight is 514 g/mol. The van der Waals surface area contributed by atoms with E-state index in [2.05, 4.69) is 19.7 Å². The molecule has 0 radical (unpaired) electrons. The third-order valence-electron chi connectivity index (χ3n) is 6.65. The molecule has 0 bridgehead atoms. The highest BCUT2D eigenvalue weighted by atomic mass is 35.5. The summed E-state index contributed by atoms with van der Waals surface area (Å²) in [4.78, 5) is 19.2. The van der Waals surface area contributed by atoms with Gasteiger partial charge >= 0.3 is 6.09 Å². The number of nitrogens with zero attached hydrogens (tertiary/aromatic N) is 5. The lowest BCUT2D eigenvalue weighted by Crippen LogP contribution is -2.35. The normalized spacial score (nSPS) is 20.1. The number of fused-ring (bicyclic) bond motifs is 3. The van der Waals surface area contributed by atoms with Gasteiger partial charge in [0.05, 0.1) is 29.5 Å². The zero-order valence-corrected chi connectivity index (χ0v) is 21.7. The van der Waals surface area contributed by atoms with Crippen LogP contribution in [0.2, 0.25) is 10.0 Å². The number of rotatable bonds is 2. The number of halogens is 2. The molecule has 7 nitrogen and oxygen atoms in total. The Balaban J connectivity index is 1.44. The predicted molar refractivity (Wildman–Crippen MR) is 135 cm³/mol. The summed E-state index contributed by atoms with van der Waals surface area (Å²) in [5.41, 5.74) is 2.30. The van der Waals surface area contributed by atoms with Crippen molar-refractivity contribution in [3.8, 4) is 5.69 Å². The largest absolute Gasteiger partial charge is 0.444 e. The van der Waals surface area contributed by atoms with Crippen LogP contribution in [0.1, 0.15) is 81.2 Å². The number of hydrogen-bond acceptors (Lipinski definition) is 5. The van der Waals surface area contributed by atoms with E-state index in [1.165, 1.54) is 0 Å². The van der Waals surface area contributed by atoms with Crippen LogP contribution in [0, 0.1) is 0 Å². The number of aromatic nitrogens is 4. The number of benzene rings is 1. The third kappa shape index (κ3) is 5.02. The Labute approximate surface area is 215 Å². The molecule has 9 heteroatoms. The maximum atomic E-state index is 13.0. The highest BCUT2D eigenvalue weighted by Gasteiger charge is 2.33. The maximum Gasteiger partial charge on any atom is 0.411 e. The molecule has 35 heavy (non-hydrogen) atoms. The van der Waals surface area contributed by atoms with E-state index in [0.29, 0.717) is 24.0 Å². The van der Waals surface area contributed by atoms with Crippen molar-refractivity contribution in [2.75, 3.05) is 0 Å². The number of hydrogen-bond donors (Lipinski definition) is 0. The highest BCUT2D eigenvalue weighted by molar-refractivity contribution is 6.31. The average Bonchev–Trinajstić information content (AvgIpc) is 3.14. The molecular formula is C26H29Cl2N5O2. The molecule has 1 aromatic carbocycles. The summed E-state index contributed by atoms with van der Waals surface area (Å²) in [6.07, 6.45) is 5.34. The molecule has 5 rings (SSSR count). The first kappa shape index (κ1) is 24.1. The van der Waals surface area contributed by atoms with Gasteiger partial charge in [-0.05, 0) is 82.3 Å². The van der Waals surface area contributed by atoms with Crippen LogP contribution in [0.25, 0.3) is 5.69 Å². The number of carbonyl (C=O) groups excluding carboxylic acids is 1. The minimum absolute atomic E-state index is 0.256. The van der Waals surface area contributed by atoms with Gasteiger partial charge in [0, 0.05) is 23.1 Å². The van der Waals surface area contributed by atoms with Gasteiger partial charge in [-0.2, -0.15) is 0 Å². The molecule has 1 aliphatic heterocycles. The second-order valence-electron chi connectivity index (χ2n) is 10.3. The molecule has 2 aromatic heterocycles. The summed E-state index contributed by atoms with van der Waals surface area (Å²) >= 11 is 12.8. The summed E-state index contributed by atoms with van der Waals surface area (Å²) in [7, 11) is 0.